The van der Waals surface area contributed by atoms with Gasteiger partial charge in [0.2, 0.25) is 0 Å². The highest BCUT2D eigenvalue weighted by Gasteiger charge is 2.37. The van der Waals surface area contributed by atoms with Crippen molar-refractivity contribution < 1.29 is 35.5 Å². The third kappa shape index (κ3) is 7.03. The van der Waals surface area contributed by atoms with Crippen molar-refractivity contribution in [3.05, 3.63) is 53.3 Å². The number of benzene rings is 2. The van der Waals surface area contributed by atoms with Crippen LogP contribution >= 0.6 is 0 Å². The van der Waals surface area contributed by atoms with Crippen molar-refractivity contribution in [1.82, 2.24) is 4.90 Å². The van der Waals surface area contributed by atoms with Gasteiger partial charge in [0.05, 0.1) is 28.8 Å². The average molecular weight is 558 g/mol. The predicted octanol–water partition coefficient (Wildman–Crippen LogP) is 5.40. The van der Waals surface area contributed by atoms with E-state index in [-0.39, 0.29) is 37.0 Å². The van der Waals surface area contributed by atoms with Crippen LogP contribution in [0, 0.1) is 11.7 Å². The first-order chi connectivity index (χ1) is 17.9. The number of unbranched alkanes of at least 4 members (excludes halogenated alkanes) is 1. The highest BCUT2D eigenvalue weighted by atomic mass is 32.2. The molecule has 1 aliphatic rings. The molecule has 3 rings (SSSR count). The van der Waals surface area contributed by atoms with Crippen LogP contribution in [0.5, 0.6) is 5.75 Å². The zero-order valence-electron chi connectivity index (χ0n) is 21.5. The third-order valence-corrected chi connectivity index (χ3v) is 7.59. The van der Waals surface area contributed by atoms with Gasteiger partial charge < -0.3 is 14.5 Å². The second kappa shape index (κ2) is 12.1. The maximum absolute atomic E-state index is 13.5. The summed E-state index contributed by atoms with van der Waals surface area (Å²) in [5, 5.41) is 0. The number of piperazine rings is 1. The van der Waals surface area contributed by atoms with Crippen LogP contribution in [-0.2, 0) is 16.2 Å². The molecule has 0 N–H and O–H groups in total. The summed E-state index contributed by atoms with van der Waals surface area (Å²) < 4.78 is 88.6. The number of carbonyl (C=O) groups excluding carboxylic acids is 1. The number of rotatable bonds is 9. The van der Waals surface area contributed by atoms with Crippen LogP contribution in [0.3, 0.4) is 0 Å². The van der Waals surface area contributed by atoms with Gasteiger partial charge in [0.1, 0.15) is 11.6 Å². The molecule has 7 nitrogen and oxygen atoms in total. The molecule has 0 bridgehead atoms. The molecule has 1 aliphatic heterocycles. The molecule has 1 amide bonds. The Morgan fingerprint density at radius 1 is 1.13 bits per heavy atom. The van der Waals surface area contributed by atoms with Gasteiger partial charge in [-0.1, -0.05) is 26.7 Å². The molecule has 12 heteroatoms. The SMILES string of the molecule is CCCCC(C)C=NS(=O)(=O)c1ccc(OC)c(N2CCN(C(=O)c3ccc(F)cc3C(F)(F)F)CC2)c1. The molecule has 0 aliphatic carbocycles. The summed E-state index contributed by atoms with van der Waals surface area (Å²) in [5.74, 6) is -1.53. The van der Waals surface area contributed by atoms with E-state index in [1.54, 1.807) is 4.90 Å². The molecule has 0 spiro atoms. The monoisotopic (exact) mass is 557 g/mol. The van der Waals surface area contributed by atoms with Crippen molar-refractivity contribution in [2.45, 2.75) is 44.2 Å². The number of hydrogen-bond donors (Lipinski definition) is 0. The van der Waals surface area contributed by atoms with Crippen molar-refractivity contribution in [3.63, 3.8) is 0 Å². The smallest absolute Gasteiger partial charge is 0.417 e. The summed E-state index contributed by atoms with van der Waals surface area (Å²) >= 11 is 0. The van der Waals surface area contributed by atoms with E-state index >= 15 is 0 Å². The van der Waals surface area contributed by atoms with Gasteiger partial charge in [-0.25, -0.2) is 4.39 Å². The molecule has 1 unspecified atom stereocenters. The van der Waals surface area contributed by atoms with Crippen LogP contribution in [0.1, 0.15) is 49.0 Å². The van der Waals surface area contributed by atoms with E-state index < -0.39 is 39.1 Å². The van der Waals surface area contributed by atoms with Crippen LogP contribution in [0.25, 0.3) is 0 Å². The van der Waals surface area contributed by atoms with Gasteiger partial charge in [-0.05, 0) is 48.7 Å². The molecule has 1 atom stereocenters. The standard InChI is InChI=1S/C26H31F4N3O4S/c1-4-5-6-18(2)17-31-38(35,36)20-8-10-24(37-3)23(16-20)32-11-13-33(14-12-32)25(34)21-9-7-19(27)15-22(21)26(28,29)30/h7-10,15-18H,4-6,11-14H2,1-3H3. The number of nitrogens with zero attached hydrogens (tertiary/aromatic N) is 3. The van der Waals surface area contributed by atoms with Crippen LogP contribution < -0.4 is 9.64 Å². The Labute approximate surface area is 220 Å². The van der Waals surface area contributed by atoms with Gasteiger partial charge in [0, 0.05) is 32.4 Å². The highest BCUT2D eigenvalue weighted by molar-refractivity contribution is 7.90. The zero-order valence-corrected chi connectivity index (χ0v) is 22.3. The summed E-state index contributed by atoms with van der Waals surface area (Å²) in [7, 11) is -2.53. The lowest BCUT2D eigenvalue weighted by molar-refractivity contribution is -0.138. The largest absolute Gasteiger partial charge is 0.495 e. The number of carbonyl (C=O) groups is 1. The summed E-state index contributed by atoms with van der Waals surface area (Å²) in [5.41, 5.74) is -1.48. The van der Waals surface area contributed by atoms with E-state index in [9.17, 15) is 30.8 Å². The van der Waals surface area contributed by atoms with Crippen LogP contribution in [-0.4, -0.2) is 58.7 Å². The van der Waals surface area contributed by atoms with Crippen molar-refractivity contribution in [3.8, 4) is 5.75 Å². The van der Waals surface area contributed by atoms with Gasteiger partial charge in [0.15, 0.2) is 0 Å². The predicted molar refractivity (Wildman–Crippen MR) is 137 cm³/mol. The summed E-state index contributed by atoms with van der Waals surface area (Å²) in [4.78, 5) is 15.9. The lowest BCUT2D eigenvalue weighted by Crippen LogP contribution is -2.49. The topological polar surface area (TPSA) is 79.3 Å². The second-order valence-corrected chi connectivity index (χ2v) is 10.8. The van der Waals surface area contributed by atoms with Gasteiger partial charge in [-0.15, -0.1) is 0 Å². The Balaban J connectivity index is 1.78. The Kier molecular flexibility index (Phi) is 9.40. The van der Waals surface area contributed by atoms with Gasteiger partial charge in [-0.3, -0.25) is 4.79 Å². The molecule has 0 aromatic heterocycles. The minimum Gasteiger partial charge on any atom is -0.495 e. The number of methoxy groups -OCH3 is 1. The molecule has 38 heavy (non-hydrogen) atoms. The van der Waals surface area contributed by atoms with Gasteiger partial charge in [0.25, 0.3) is 15.9 Å². The number of ether oxygens (including phenoxy) is 1. The molecule has 1 fully saturated rings. The fourth-order valence-electron chi connectivity index (χ4n) is 4.18. The van der Waals surface area contributed by atoms with Crippen LogP contribution in [0.15, 0.2) is 45.7 Å². The van der Waals surface area contributed by atoms with Crippen molar-refractivity contribution in [2.75, 3.05) is 38.2 Å². The number of sulfonamides is 1. The highest BCUT2D eigenvalue weighted by Crippen LogP contribution is 2.35. The lowest BCUT2D eigenvalue weighted by Gasteiger charge is -2.37. The molecule has 0 saturated carbocycles. The fraction of sp³-hybridized carbons (Fsp3) is 0.462. The molecule has 208 valence electrons. The molecular weight excluding hydrogens is 526 g/mol. The van der Waals surface area contributed by atoms with E-state index in [2.05, 4.69) is 11.3 Å². The van der Waals surface area contributed by atoms with Gasteiger partial charge >= 0.3 is 6.18 Å². The van der Waals surface area contributed by atoms with Crippen LogP contribution in [0.2, 0.25) is 0 Å². The number of hydrogen-bond acceptors (Lipinski definition) is 5. The van der Waals surface area contributed by atoms with E-state index in [0.29, 0.717) is 17.5 Å². The first-order valence-corrected chi connectivity index (χ1v) is 13.7. The molecule has 2 aromatic carbocycles. The second-order valence-electron chi connectivity index (χ2n) is 9.15. The molecule has 1 saturated heterocycles. The van der Waals surface area contributed by atoms with E-state index in [4.69, 9.17) is 4.74 Å². The molecular formula is C26H31F4N3O4S. The summed E-state index contributed by atoms with van der Waals surface area (Å²) in [6.07, 6.45) is -0.657. The first kappa shape index (κ1) is 29.4. The van der Waals surface area contributed by atoms with E-state index in [1.807, 2.05) is 6.92 Å². The summed E-state index contributed by atoms with van der Waals surface area (Å²) in [6.45, 7) is 4.52. The maximum atomic E-state index is 13.5. The first-order valence-electron chi connectivity index (χ1n) is 12.3. The average Bonchev–Trinajstić information content (AvgIpc) is 2.89. The van der Waals surface area contributed by atoms with E-state index in [0.717, 1.165) is 31.4 Å². The zero-order chi connectivity index (χ0) is 28.1. The Hall–Kier alpha value is -3.15. The molecule has 0 radical (unpaired) electrons. The lowest BCUT2D eigenvalue weighted by atomic mass is 10.0. The normalized spacial score (nSPS) is 15.7. The molecule has 2 aromatic rings. The number of amides is 1. The quantitative estimate of drug-likeness (QED) is 0.305. The Morgan fingerprint density at radius 2 is 1.82 bits per heavy atom. The number of anilines is 1. The minimum absolute atomic E-state index is 0.00651. The van der Waals surface area contributed by atoms with E-state index in [1.165, 1.54) is 36.4 Å². The third-order valence-electron chi connectivity index (χ3n) is 6.34. The Morgan fingerprint density at radius 3 is 2.42 bits per heavy atom. The number of alkyl halides is 3. The molecule has 1 heterocycles. The Bertz CT molecular complexity index is 1270. The number of halogens is 4. The van der Waals surface area contributed by atoms with Crippen LogP contribution in [0.4, 0.5) is 23.2 Å². The van der Waals surface area contributed by atoms with Crippen molar-refractivity contribution in [2.24, 2.45) is 10.3 Å². The maximum Gasteiger partial charge on any atom is 0.417 e. The fourth-order valence-corrected chi connectivity index (χ4v) is 5.17. The van der Waals surface area contributed by atoms with Crippen molar-refractivity contribution in [1.29, 1.82) is 0 Å². The van der Waals surface area contributed by atoms with Crippen molar-refractivity contribution >= 4 is 27.8 Å². The summed E-state index contributed by atoms with van der Waals surface area (Å²) in [6, 6.07) is 6.34. The van der Waals surface area contributed by atoms with Gasteiger partial charge in [-0.2, -0.15) is 26.0 Å². The minimum atomic E-state index is -4.88.